The van der Waals surface area contributed by atoms with Crippen molar-refractivity contribution in [2.24, 2.45) is 0 Å². The molecule has 1 saturated heterocycles. The Morgan fingerprint density at radius 3 is 2.79 bits per heavy atom. The maximum Gasteiger partial charge on any atom is 0.262 e. The number of benzene rings is 2. The molecule has 0 saturated carbocycles. The number of methoxy groups -OCH3 is 1. The number of aromatic nitrogens is 2. The first kappa shape index (κ1) is 19.0. The topological polar surface area (TPSA) is 62.6 Å². The average molecular weight is 398 g/mol. The summed E-state index contributed by atoms with van der Waals surface area (Å²) >= 11 is 1.56. The minimum atomic E-state index is -0.0307. The third-order valence-corrected chi connectivity index (χ3v) is 5.80. The van der Waals surface area contributed by atoms with Crippen LogP contribution in [-0.2, 0) is 16.0 Å². The molecule has 1 aliphatic rings. The van der Waals surface area contributed by atoms with Gasteiger partial charge in [-0.15, -0.1) is 0 Å². The molecule has 1 fully saturated rings. The van der Waals surface area contributed by atoms with Gasteiger partial charge in [-0.1, -0.05) is 36.0 Å². The molecule has 1 aliphatic heterocycles. The number of thioether (sulfide) groups is 1. The van der Waals surface area contributed by atoms with Gasteiger partial charge in [-0.05, 0) is 36.2 Å². The van der Waals surface area contributed by atoms with Crippen molar-refractivity contribution < 1.29 is 14.2 Å². The van der Waals surface area contributed by atoms with E-state index in [1.807, 2.05) is 48.5 Å². The summed E-state index contributed by atoms with van der Waals surface area (Å²) in [4.78, 5) is 17.9. The van der Waals surface area contributed by atoms with Crippen LogP contribution in [0.25, 0.3) is 10.9 Å². The molecular formula is C21H22N2O4S. The molecule has 4 rings (SSSR count). The minimum Gasteiger partial charge on any atom is -0.497 e. The summed E-state index contributed by atoms with van der Waals surface area (Å²) in [5.74, 6) is 1.52. The molecule has 0 bridgehead atoms. The molecule has 146 valence electrons. The van der Waals surface area contributed by atoms with E-state index >= 15 is 0 Å². The molecule has 0 unspecified atom stereocenters. The van der Waals surface area contributed by atoms with Crippen LogP contribution in [0.4, 0.5) is 0 Å². The van der Waals surface area contributed by atoms with E-state index in [0.717, 1.165) is 23.5 Å². The van der Waals surface area contributed by atoms with E-state index in [-0.39, 0.29) is 11.7 Å². The number of hydrogen-bond acceptors (Lipinski definition) is 6. The second-order valence-electron chi connectivity index (χ2n) is 6.57. The van der Waals surface area contributed by atoms with Gasteiger partial charge in [0.1, 0.15) is 12.5 Å². The SMILES string of the molecule is COc1ccc(Cn2c(SC[C@@H]3CCOCO3)nc3ccccc3c2=O)cc1. The summed E-state index contributed by atoms with van der Waals surface area (Å²) in [7, 11) is 1.64. The first-order chi connectivity index (χ1) is 13.7. The number of para-hydroxylation sites is 1. The van der Waals surface area contributed by atoms with Gasteiger partial charge in [0.05, 0.1) is 37.3 Å². The van der Waals surface area contributed by atoms with E-state index < -0.39 is 0 Å². The lowest BCUT2D eigenvalue weighted by atomic mass is 10.2. The second kappa shape index (κ2) is 8.77. The van der Waals surface area contributed by atoms with Gasteiger partial charge >= 0.3 is 0 Å². The van der Waals surface area contributed by atoms with Crippen LogP contribution in [0.1, 0.15) is 12.0 Å². The predicted molar refractivity (Wildman–Crippen MR) is 109 cm³/mol. The summed E-state index contributed by atoms with van der Waals surface area (Å²) in [6.07, 6.45) is 0.958. The molecule has 6 nitrogen and oxygen atoms in total. The first-order valence-corrected chi connectivity index (χ1v) is 10.2. The zero-order valence-electron chi connectivity index (χ0n) is 15.7. The molecule has 0 N–H and O–H groups in total. The van der Waals surface area contributed by atoms with Crippen LogP contribution in [-0.4, -0.2) is 41.9 Å². The highest BCUT2D eigenvalue weighted by molar-refractivity contribution is 7.99. The zero-order chi connectivity index (χ0) is 19.3. The molecule has 0 radical (unpaired) electrons. The maximum absolute atomic E-state index is 13.2. The number of nitrogens with zero attached hydrogens (tertiary/aromatic N) is 2. The van der Waals surface area contributed by atoms with Gasteiger partial charge in [-0.25, -0.2) is 4.98 Å². The summed E-state index contributed by atoms with van der Waals surface area (Å²) in [5.41, 5.74) is 1.70. The van der Waals surface area contributed by atoms with Gasteiger partial charge in [0.2, 0.25) is 0 Å². The van der Waals surface area contributed by atoms with Crippen LogP contribution in [0.3, 0.4) is 0 Å². The fraction of sp³-hybridized carbons (Fsp3) is 0.333. The maximum atomic E-state index is 13.2. The molecule has 1 atom stereocenters. The van der Waals surface area contributed by atoms with Crippen molar-refractivity contribution in [2.45, 2.75) is 24.2 Å². The van der Waals surface area contributed by atoms with Crippen molar-refractivity contribution in [3.63, 3.8) is 0 Å². The van der Waals surface area contributed by atoms with Gasteiger partial charge in [0.15, 0.2) is 5.16 Å². The zero-order valence-corrected chi connectivity index (χ0v) is 16.5. The number of hydrogen-bond donors (Lipinski definition) is 0. The Morgan fingerprint density at radius 2 is 2.04 bits per heavy atom. The standard InChI is InChI=1S/C21H22N2O4S/c1-25-16-8-6-15(7-9-16)12-23-20(24)18-4-2-3-5-19(18)22-21(23)28-13-17-10-11-26-14-27-17/h2-9,17H,10-14H2,1H3/t17-/m0/s1. The molecule has 2 aromatic carbocycles. The lowest BCUT2D eigenvalue weighted by Gasteiger charge is -2.22. The Morgan fingerprint density at radius 1 is 1.21 bits per heavy atom. The molecule has 0 spiro atoms. The normalized spacial score (nSPS) is 17.0. The van der Waals surface area contributed by atoms with Gasteiger partial charge < -0.3 is 14.2 Å². The highest BCUT2D eigenvalue weighted by atomic mass is 32.2. The Bertz CT molecular complexity index is 997. The third-order valence-electron chi connectivity index (χ3n) is 4.70. The summed E-state index contributed by atoms with van der Waals surface area (Å²) in [6, 6.07) is 15.2. The second-order valence-corrected chi connectivity index (χ2v) is 7.55. The molecule has 0 amide bonds. The summed E-state index contributed by atoms with van der Waals surface area (Å²) < 4.78 is 17.8. The fourth-order valence-corrected chi connectivity index (χ4v) is 4.18. The lowest BCUT2D eigenvalue weighted by Crippen LogP contribution is -2.27. The number of ether oxygens (including phenoxy) is 3. The van der Waals surface area contributed by atoms with Gasteiger partial charge in [0, 0.05) is 5.75 Å². The third kappa shape index (κ3) is 4.22. The van der Waals surface area contributed by atoms with Crippen LogP contribution in [0.2, 0.25) is 0 Å². The molecule has 28 heavy (non-hydrogen) atoms. The van der Waals surface area contributed by atoms with E-state index in [2.05, 4.69) is 0 Å². The van der Waals surface area contributed by atoms with Crippen molar-refractivity contribution in [1.29, 1.82) is 0 Å². The molecular weight excluding hydrogens is 376 g/mol. The summed E-state index contributed by atoms with van der Waals surface area (Å²) in [5, 5.41) is 1.33. The molecule has 7 heteroatoms. The van der Waals surface area contributed by atoms with Crippen LogP contribution in [0.5, 0.6) is 5.75 Å². The van der Waals surface area contributed by atoms with Crippen LogP contribution in [0.15, 0.2) is 58.5 Å². The van der Waals surface area contributed by atoms with Gasteiger partial charge in [0.25, 0.3) is 5.56 Å². The van der Waals surface area contributed by atoms with Crippen LogP contribution in [0, 0.1) is 0 Å². The Kier molecular flexibility index (Phi) is 5.95. The van der Waals surface area contributed by atoms with Gasteiger partial charge in [-0.3, -0.25) is 9.36 Å². The average Bonchev–Trinajstić information content (AvgIpc) is 2.76. The van der Waals surface area contributed by atoms with E-state index in [0.29, 0.717) is 36.0 Å². The highest BCUT2D eigenvalue weighted by Gasteiger charge is 2.18. The summed E-state index contributed by atoms with van der Waals surface area (Å²) in [6.45, 7) is 1.49. The van der Waals surface area contributed by atoms with E-state index in [4.69, 9.17) is 19.2 Å². The molecule has 3 aromatic rings. The Hall–Kier alpha value is -2.35. The lowest BCUT2D eigenvalue weighted by molar-refractivity contribution is -0.130. The van der Waals surface area contributed by atoms with Crippen molar-refractivity contribution in [2.75, 3.05) is 26.3 Å². The number of fused-ring (bicyclic) bond motifs is 1. The molecule has 1 aromatic heterocycles. The largest absolute Gasteiger partial charge is 0.497 e. The van der Waals surface area contributed by atoms with Crippen molar-refractivity contribution in [1.82, 2.24) is 9.55 Å². The van der Waals surface area contributed by atoms with Crippen LogP contribution >= 0.6 is 11.8 Å². The first-order valence-electron chi connectivity index (χ1n) is 9.19. The van der Waals surface area contributed by atoms with Crippen molar-refractivity contribution >= 4 is 22.7 Å². The smallest absolute Gasteiger partial charge is 0.262 e. The highest BCUT2D eigenvalue weighted by Crippen LogP contribution is 2.23. The fourth-order valence-electron chi connectivity index (χ4n) is 3.11. The quantitative estimate of drug-likeness (QED) is 0.469. The minimum absolute atomic E-state index is 0.0307. The molecule has 2 heterocycles. The van der Waals surface area contributed by atoms with E-state index in [9.17, 15) is 4.79 Å². The molecule has 0 aliphatic carbocycles. The Balaban J connectivity index is 1.66. The van der Waals surface area contributed by atoms with Crippen LogP contribution < -0.4 is 10.3 Å². The van der Waals surface area contributed by atoms with Crippen molar-refractivity contribution in [3.8, 4) is 5.75 Å². The Labute approximate surface area is 167 Å². The predicted octanol–water partition coefficient (Wildman–Crippen LogP) is 3.31. The van der Waals surface area contributed by atoms with E-state index in [1.165, 1.54) is 0 Å². The van der Waals surface area contributed by atoms with Crippen molar-refractivity contribution in [3.05, 3.63) is 64.4 Å². The van der Waals surface area contributed by atoms with Gasteiger partial charge in [-0.2, -0.15) is 0 Å². The van der Waals surface area contributed by atoms with E-state index in [1.54, 1.807) is 23.4 Å². The monoisotopic (exact) mass is 398 g/mol. The number of rotatable bonds is 6.